The van der Waals surface area contributed by atoms with Crippen molar-refractivity contribution in [3.05, 3.63) is 24.0 Å². The quantitative estimate of drug-likeness (QED) is 0.739. The van der Waals surface area contributed by atoms with Crippen LogP contribution in [0, 0.1) is 0 Å². The highest BCUT2D eigenvalue weighted by Crippen LogP contribution is 2.39. The highest BCUT2D eigenvalue weighted by molar-refractivity contribution is 5.92. The second-order valence-electron chi connectivity index (χ2n) is 8.11. The summed E-state index contributed by atoms with van der Waals surface area (Å²) in [5.41, 5.74) is 0.607. The van der Waals surface area contributed by atoms with Gasteiger partial charge in [0.2, 0.25) is 5.91 Å². The van der Waals surface area contributed by atoms with Crippen molar-refractivity contribution in [2.24, 2.45) is 0 Å². The molecule has 2 N–H and O–H groups in total. The van der Waals surface area contributed by atoms with Crippen LogP contribution in [0.4, 0.5) is 13.2 Å². The summed E-state index contributed by atoms with van der Waals surface area (Å²) in [5, 5.41) is 7.12. The van der Waals surface area contributed by atoms with E-state index in [-0.39, 0.29) is 17.4 Å². The Morgan fingerprint density at radius 1 is 1.23 bits per heavy atom. The summed E-state index contributed by atoms with van der Waals surface area (Å²) in [6.07, 6.45) is 1.13. The Balaban J connectivity index is 0.000000423. The topological polar surface area (TPSA) is 97.0 Å². The van der Waals surface area contributed by atoms with Crippen LogP contribution in [-0.4, -0.2) is 94.6 Å². The van der Waals surface area contributed by atoms with Crippen LogP contribution in [0.3, 0.4) is 0 Å². The number of rotatable bonds is 4. The molecule has 2 fully saturated rings. The minimum Gasteiger partial charge on any atom is -0.475 e. The van der Waals surface area contributed by atoms with E-state index in [9.17, 15) is 22.8 Å². The summed E-state index contributed by atoms with van der Waals surface area (Å²) in [5.74, 6) is -2.41. The van der Waals surface area contributed by atoms with E-state index in [0.717, 1.165) is 51.9 Å². The molecular weight excluding hydrogens is 417 g/mol. The Kier molecular flexibility index (Phi) is 8.10. The fourth-order valence-corrected chi connectivity index (χ4v) is 4.07. The van der Waals surface area contributed by atoms with Crippen molar-refractivity contribution in [1.82, 2.24) is 19.7 Å². The molecule has 0 radical (unpaired) electrons. The van der Waals surface area contributed by atoms with Crippen molar-refractivity contribution in [3.63, 3.8) is 0 Å². The molecule has 1 unspecified atom stereocenters. The molecular formula is C20H29F3N4O4. The molecule has 1 atom stereocenters. The number of hydrogen-bond acceptors (Lipinski definition) is 4. The molecule has 0 aromatic carbocycles. The lowest BCUT2D eigenvalue weighted by molar-refractivity contribution is -0.192. The van der Waals surface area contributed by atoms with E-state index >= 15 is 0 Å². The van der Waals surface area contributed by atoms with Gasteiger partial charge in [-0.2, -0.15) is 13.2 Å². The second-order valence-corrected chi connectivity index (χ2v) is 8.11. The van der Waals surface area contributed by atoms with Crippen LogP contribution in [-0.2, 0) is 9.59 Å². The molecule has 0 bridgehead atoms. The number of aromatic amines is 1. The predicted octanol–water partition coefficient (Wildman–Crippen LogP) is 2.20. The van der Waals surface area contributed by atoms with Gasteiger partial charge in [-0.3, -0.25) is 9.59 Å². The Morgan fingerprint density at radius 3 is 2.45 bits per heavy atom. The maximum Gasteiger partial charge on any atom is 0.490 e. The van der Waals surface area contributed by atoms with Crippen LogP contribution in [0.2, 0.25) is 0 Å². The summed E-state index contributed by atoms with van der Waals surface area (Å²) in [6.45, 7) is 3.17. The summed E-state index contributed by atoms with van der Waals surface area (Å²) >= 11 is 0. The summed E-state index contributed by atoms with van der Waals surface area (Å²) in [7, 11) is 4.08. The molecule has 11 heteroatoms. The largest absolute Gasteiger partial charge is 0.490 e. The lowest BCUT2D eigenvalue weighted by atomic mass is 9.87. The van der Waals surface area contributed by atoms with E-state index in [1.807, 2.05) is 31.1 Å². The molecule has 2 aliphatic heterocycles. The number of carbonyl (C=O) groups is 3. The van der Waals surface area contributed by atoms with Crippen molar-refractivity contribution in [2.75, 3.05) is 40.3 Å². The van der Waals surface area contributed by atoms with Crippen molar-refractivity contribution < 1.29 is 32.7 Å². The average Bonchev–Trinajstić information content (AvgIpc) is 3.25. The number of H-pyrrole nitrogens is 1. The maximum atomic E-state index is 12.6. The van der Waals surface area contributed by atoms with Crippen molar-refractivity contribution in [3.8, 4) is 0 Å². The normalized spacial score (nSPS) is 21.8. The van der Waals surface area contributed by atoms with Crippen molar-refractivity contribution in [2.45, 2.75) is 43.8 Å². The standard InChI is InChI=1S/C18H28N4O2.C2HF3O2/c1-20(2)13-14-22-16(23)6-8-18(22)7-4-11-21(12-9-18)17(24)15-5-3-10-19-15;3-2(4,5)1(6)7/h3,5,10,19H,4,6-9,11-14H2,1-2H3;(H,6,7). The predicted molar refractivity (Wildman–Crippen MR) is 106 cm³/mol. The van der Waals surface area contributed by atoms with Crippen LogP contribution in [0.5, 0.6) is 0 Å². The van der Waals surface area contributed by atoms with Gasteiger partial charge in [0, 0.05) is 44.3 Å². The number of carboxylic acids is 1. The van der Waals surface area contributed by atoms with Crippen LogP contribution in [0.15, 0.2) is 18.3 Å². The molecule has 2 amide bonds. The van der Waals surface area contributed by atoms with Gasteiger partial charge in [0.1, 0.15) is 5.69 Å². The molecule has 1 aromatic rings. The molecule has 3 rings (SSSR count). The highest BCUT2D eigenvalue weighted by atomic mass is 19.4. The molecule has 0 saturated carbocycles. The van der Waals surface area contributed by atoms with Gasteiger partial charge < -0.3 is 24.8 Å². The number of carbonyl (C=O) groups excluding carboxylic acids is 2. The van der Waals surface area contributed by atoms with Gasteiger partial charge in [-0.1, -0.05) is 0 Å². The van der Waals surface area contributed by atoms with Gasteiger partial charge in [-0.15, -0.1) is 0 Å². The number of nitrogens with zero attached hydrogens (tertiary/aromatic N) is 3. The summed E-state index contributed by atoms with van der Waals surface area (Å²) in [6, 6.07) is 3.68. The van der Waals surface area contributed by atoms with E-state index in [0.29, 0.717) is 12.1 Å². The maximum absolute atomic E-state index is 12.6. The van der Waals surface area contributed by atoms with Gasteiger partial charge in [0.25, 0.3) is 5.91 Å². The van der Waals surface area contributed by atoms with Crippen LogP contribution < -0.4 is 0 Å². The molecule has 174 valence electrons. The number of hydrogen-bond donors (Lipinski definition) is 2. The number of aromatic nitrogens is 1. The Morgan fingerprint density at radius 2 is 1.90 bits per heavy atom. The first kappa shape index (κ1) is 24.7. The number of halogens is 3. The third-order valence-electron chi connectivity index (χ3n) is 5.72. The number of likely N-dealkylation sites (N-methyl/N-ethyl adjacent to an activating group) is 1. The van der Waals surface area contributed by atoms with E-state index in [2.05, 4.69) is 14.8 Å². The highest BCUT2D eigenvalue weighted by Gasteiger charge is 2.45. The SMILES string of the molecule is CN(C)CCN1C(=O)CCC12CCCN(C(=O)c1ccc[nH]1)CC2.O=C(O)C(F)(F)F. The summed E-state index contributed by atoms with van der Waals surface area (Å²) in [4.78, 5) is 43.0. The minimum atomic E-state index is -5.08. The Labute approximate surface area is 179 Å². The van der Waals surface area contributed by atoms with Crippen molar-refractivity contribution >= 4 is 17.8 Å². The lowest BCUT2D eigenvalue weighted by Gasteiger charge is -2.38. The monoisotopic (exact) mass is 446 g/mol. The zero-order valence-electron chi connectivity index (χ0n) is 17.7. The van der Waals surface area contributed by atoms with E-state index in [4.69, 9.17) is 9.90 Å². The zero-order chi connectivity index (χ0) is 23.2. The Bertz CT molecular complexity index is 767. The van der Waals surface area contributed by atoms with E-state index in [1.54, 1.807) is 6.20 Å². The first-order valence-corrected chi connectivity index (χ1v) is 10.1. The molecule has 3 heterocycles. The fraction of sp³-hybridized carbons (Fsp3) is 0.650. The summed E-state index contributed by atoms with van der Waals surface area (Å²) < 4.78 is 31.7. The molecule has 1 aromatic heterocycles. The van der Waals surface area contributed by atoms with Gasteiger partial charge in [0.15, 0.2) is 0 Å². The molecule has 31 heavy (non-hydrogen) atoms. The fourth-order valence-electron chi connectivity index (χ4n) is 4.07. The van der Waals surface area contributed by atoms with E-state index < -0.39 is 12.1 Å². The number of alkyl halides is 3. The third kappa shape index (κ3) is 6.46. The van der Waals surface area contributed by atoms with Gasteiger partial charge >= 0.3 is 12.1 Å². The minimum absolute atomic E-state index is 0.0438. The van der Waals surface area contributed by atoms with Crippen LogP contribution in [0.1, 0.15) is 42.6 Å². The van der Waals surface area contributed by atoms with Crippen LogP contribution in [0.25, 0.3) is 0 Å². The van der Waals surface area contributed by atoms with Gasteiger partial charge in [0.05, 0.1) is 0 Å². The number of aliphatic carboxylic acids is 1. The molecule has 2 saturated heterocycles. The van der Waals surface area contributed by atoms with Crippen molar-refractivity contribution in [1.29, 1.82) is 0 Å². The smallest absolute Gasteiger partial charge is 0.475 e. The zero-order valence-corrected chi connectivity index (χ0v) is 17.7. The lowest BCUT2D eigenvalue weighted by Crippen LogP contribution is -2.49. The number of nitrogens with one attached hydrogen (secondary N) is 1. The molecule has 8 nitrogen and oxygen atoms in total. The van der Waals surface area contributed by atoms with Crippen LogP contribution >= 0.6 is 0 Å². The van der Waals surface area contributed by atoms with E-state index in [1.165, 1.54) is 0 Å². The third-order valence-corrected chi connectivity index (χ3v) is 5.72. The number of amides is 2. The molecule has 1 spiro atoms. The Hall–Kier alpha value is -2.56. The number of carboxylic acid groups (broad SMARTS) is 1. The first-order chi connectivity index (χ1) is 14.5. The number of likely N-dealkylation sites (tertiary alicyclic amines) is 2. The second kappa shape index (κ2) is 10.2. The van der Waals surface area contributed by atoms with Gasteiger partial charge in [-0.25, -0.2) is 4.79 Å². The van der Waals surface area contributed by atoms with Gasteiger partial charge in [-0.05, 0) is 51.9 Å². The average molecular weight is 446 g/mol. The first-order valence-electron chi connectivity index (χ1n) is 10.1. The molecule has 0 aliphatic carbocycles. The molecule has 2 aliphatic rings.